The fraction of sp³-hybridized carbons (Fsp3) is 0.771. The molecule has 1 spiro atoms. The molecule has 2 unspecified atom stereocenters. The van der Waals surface area contributed by atoms with Crippen molar-refractivity contribution >= 4 is 11.9 Å². The normalized spacial score (nSPS) is 48.2. The molecule has 7 rings (SSSR count). The Bertz CT molecular complexity index is 1430. The Morgan fingerprint density at radius 2 is 1.69 bits per heavy atom. The molecular weight excluding hydrogens is 626 g/mol. The number of carbonyl (C=O) groups excluding carboxylic acids is 2. The lowest BCUT2D eigenvalue weighted by molar-refractivity contribution is -0.322. The van der Waals surface area contributed by atoms with Crippen molar-refractivity contribution in [2.24, 2.45) is 34.5 Å². The maximum atomic E-state index is 13.9. The van der Waals surface area contributed by atoms with Crippen LogP contribution in [0.3, 0.4) is 0 Å². The predicted octanol–water partition coefficient (Wildman–Crippen LogP) is 0.657. The van der Waals surface area contributed by atoms with Crippen LogP contribution in [0, 0.1) is 34.5 Å². The van der Waals surface area contributed by atoms with Crippen molar-refractivity contribution in [2.45, 2.75) is 80.6 Å². The predicted molar refractivity (Wildman–Crippen MR) is 167 cm³/mol. The summed E-state index contributed by atoms with van der Waals surface area (Å²) in [5.41, 5.74) is -4.94. The molecule has 48 heavy (non-hydrogen) atoms. The Kier molecular flexibility index (Phi) is 8.24. The van der Waals surface area contributed by atoms with Crippen molar-refractivity contribution in [3.8, 4) is 5.75 Å². The molecule has 6 aliphatic rings. The zero-order chi connectivity index (χ0) is 34.6. The number of ether oxygens (including phenoxy) is 7. The lowest BCUT2D eigenvalue weighted by Gasteiger charge is -2.70. The SMILES string of the molecule is CCN1C[C@]2(COC)C(O)C[C@H](OC)[C@@]34[C@@H]5CC6(O)[C@H](OC(=O)c7ccc(OC)cc7)[C@@H]5[C@@](OC(C)=O)([C@@H]([C@H](OC)[C@H]23)[C@@H]14)[C@@H](O)[C@@H]6OC. The summed E-state index contributed by atoms with van der Waals surface area (Å²) in [6.45, 7) is 4.64. The topological polar surface area (TPSA) is 163 Å². The smallest absolute Gasteiger partial charge is 0.338 e. The summed E-state index contributed by atoms with van der Waals surface area (Å²) in [6, 6.07) is 6.10. The van der Waals surface area contributed by atoms with Crippen molar-refractivity contribution in [2.75, 3.05) is 55.2 Å². The van der Waals surface area contributed by atoms with Crippen LogP contribution in [-0.2, 0) is 33.2 Å². The van der Waals surface area contributed by atoms with Gasteiger partial charge in [0.1, 0.15) is 29.7 Å². The van der Waals surface area contributed by atoms with E-state index in [9.17, 15) is 24.9 Å². The molecule has 1 aromatic carbocycles. The van der Waals surface area contributed by atoms with Gasteiger partial charge in [-0.1, -0.05) is 6.92 Å². The molecule has 5 saturated carbocycles. The number of hydrogen-bond donors (Lipinski definition) is 3. The van der Waals surface area contributed by atoms with Crippen molar-refractivity contribution in [3.05, 3.63) is 29.8 Å². The van der Waals surface area contributed by atoms with Crippen molar-refractivity contribution in [3.63, 3.8) is 0 Å². The Morgan fingerprint density at radius 1 is 0.979 bits per heavy atom. The van der Waals surface area contributed by atoms with Gasteiger partial charge in [-0.3, -0.25) is 9.69 Å². The van der Waals surface area contributed by atoms with Crippen LogP contribution in [0.25, 0.3) is 0 Å². The molecule has 1 aromatic rings. The second-order valence-corrected chi connectivity index (χ2v) is 14.8. The number of aliphatic hydroxyl groups excluding tert-OH is 2. The summed E-state index contributed by atoms with van der Waals surface area (Å²) >= 11 is 0. The van der Waals surface area contributed by atoms with Crippen LogP contribution in [0.2, 0.25) is 0 Å². The van der Waals surface area contributed by atoms with Crippen LogP contribution in [-0.4, -0.2) is 141 Å². The number of fused-ring (bicyclic) bond motifs is 2. The average molecular weight is 676 g/mol. The van der Waals surface area contributed by atoms with Gasteiger partial charge in [0.25, 0.3) is 0 Å². The van der Waals surface area contributed by atoms with Gasteiger partial charge >= 0.3 is 11.9 Å². The Morgan fingerprint density at radius 3 is 2.25 bits per heavy atom. The number of likely N-dealkylation sites (tertiary alicyclic amines) is 1. The van der Waals surface area contributed by atoms with Crippen LogP contribution in [0.15, 0.2) is 24.3 Å². The number of nitrogens with zero attached hydrogens (tertiary/aromatic N) is 1. The lowest BCUT2D eigenvalue weighted by Crippen LogP contribution is -2.81. The summed E-state index contributed by atoms with van der Waals surface area (Å²) in [5, 5.41) is 37.4. The first-order valence-electron chi connectivity index (χ1n) is 16.9. The number of esters is 2. The van der Waals surface area contributed by atoms with Crippen molar-refractivity contribution in [1.82, 2.24) is 4.90 Å². The van der Waals surface area contributed by atoms with E-state index in [-0.39, 0.29) is 24.6 Å². The van der Waals surface area contributed by atoms with Crippen molar-refractivity contribution < 1.29 is 58.1 Å². The van der Waals surface area contributed by atoms with Gasteiger partial charge in [0.15, 0.2) is 5.60 Å². The summed E-state index contributed by atoms with van der Waals surface area (Å²) in [4.78, 5) is 29.5. The second-order valence-electron chi connectivity index (χ2n) is 14.8. The highest BCUT2D eigenvalue weighted by Crippen LogP contribution is 2.80. The highest BCUT2D eigenvalue weighted by Gasteiger charge is 2.92. The molecule has 1 heterocycles. The third kappa shape index (κ3) is 3.90. The van der Waals surface area contributed by atoms with E-state index in [1.165, 1.54) is 21.1 Å². The molecule has 6 fully saturated rings. The number of methoxy groups -OCH3 is 5. The molecular formula is C35H49NO12. The summed E-state index contributed by atoms with van der Waals surface area (Å²) in [5.74, 6) is -3.23. The molecule has 13 nitrogen and oxygen atoms in total. The van der Waals surface area contributed by atoms with Crippen LogP contribution >= 0.6 is 0 Å². The summed E-state index contributed by atoms with van der Waals surface area (Å²) in [7, 11) is 7.77. The van der Waals surface area contributed by atoms with E-state index >= 15 is 0 Å². The van der Waals surface area contributed by atoms with Crippen LogP contribution < -0.4 is 4.74 Å². The second kappa shape index (κ2) is 11.6. The van der Waals surface area contributed by atoms with Gasteiger partial charge in [-0.2, -0.15) is 0 Å². The molecule has 1 aliphatic heterocycles. The molecule has 1 saturated heterocycles. The van der Waals surface area contributed by atoms with Crippen LogP contribution in [0.5, 0.6) is 5.75 Å². The number of piperidine rings is 1. The fourth-order valence-electron chi connectivity index (χ4n) is 12.5. The highest BCUT2D eigenvalue weighted by molar-refractivity contribution is 5.89. The van der Waals surface area contributed by atoms with Gasteiger partial charge in [-0.05, 0) is 43.1 Å². The molecule has 0 radical (unpaired) electrons. The van der Waals surface area contributed by atoms with E-state index in [0.29, 0.717) is 25.3 Å². The zero-order valence-electron chi connectivity index (χ0n) is 28.7. The van der Waals surface area contributed by atoms with E-state index in [4.69, 9.17) is 33.2 Å². The van der Waals surface area contributed by atoms with E-state index < -0.39 is 94.3 Å². The minimum absolute atomic E-state index is 0.0591. The maximum absolute atomic E-state index is 13.9. The van der Waals surface area contributed by atoms with E-state index in [2.05, 4.69) is 4.90 Å². The van der Waals surface area contributed by atoms with E-state index in [1.807, 2.05) is 6.92 Å². The molecule has 0 amide bonds. The highest BCUT2D eigenvalue weighted by atomic mass is 16.6. The molecule has 0 aromatic heterocycles. The minimum atomic E-state index is -1.86. The van der Waals surface area contributed by atoms with E-state index in [0.717, 1.165) is 0 Å². The molecule has 15 atom stereocenters. The molecule has 7 bridgehead atoms. The summed E-state index contributed by atoms with van der Waals surface area (Å²) < 4.78 is 42.7. The van der Waals surface area contributed by atoms with Gasteiger partial charge in [-0.25, -0.2) is 4.79 Å². The number of aliphatic hydroxyl groups is 3. The standard InChI is InChI=1S/C35H49NO12/c1-8-36-15-32(16-42-3)21(38)13-22(44-5)34-20-14-33(41)29(47-31(40)18-9-11-19(43-4)12-10-18)23(20)35(48-17(2)37,28(39)30(33)46-7)24(27(34)36)25(45-6)26(32)34/h9-12,20-30,38-39,41H,8,13-16H2,1-7H3/t20-,21?,22+,23-,24+,25+,26-,27-,28+,29-,30+,32+,33?,34+,35-/m1/s1. The largest absolute Gasteiger partial charge is 0.497 e. The lowest BCUT2D eigenvalue weighted by atomic mass is 9.42. The zero-order valence-corrected chi connectivity index (χ0v) is 28.7. The number of hydrogen-bond acceptors (Lipinski definition) is 13. The monoisotopic (exact) mass is 675 g/mol. The van der Waals surface area contributed by atoms with Gasteiger partial charge in [0.05, 0.1) is 37.6 Å². The maximum Gasteiger partial charge on any atom is 0.338 e. The average Bonchev–Trinajstić information content (AvgIpc) is 3.44. The number of rotatable bonds is 10. The molecule has 266 valence electrons. The first kappa shape index (κ1) is 34.1. The van der Waals surface area contributed by atoms with Gasteiger partial charge in [0.2, 0.25) is 0 Å². The van der Waals surface area contributed by atoms with Gasteiger partial charge < -0.3 is 48.5 Å². The first-order chi connectivity index (χ1) is 22.9. The third-order valence-electron chi connectivity index (χ3n) is 13.5. The quantitative estimate of drug-likeness (QED) is 0.297. The molecule has 3 N–H and O–H groups in total. The fourth-order valence-corrected chi connectivity index (χ4v) is 12.5. The summed E-state index contributed by atoms with van der Waals surface area (Å²) in [6.07, 6.45) is -5.64. The Balaban J connectivity index is 1.50. The van der Waals surface area contributed by atoms with Crippen molar-refractivity contribution in [1.29, 1.82) is 0 Å². The van der Waals surface area contributed by atoms with Crippen LogP contribution in [0.4, 0.5) is 0 Å². The third-order valence-corrected chi connectivity index (χ3v) is 13.5. The van der Waals surface area contributed by atoms with Crippen LogP contribution in [0.1, 0.15) is 37.0 Å². The minimum Gasteiger partial charge on any atom is -0.497 e. The number of benzene rings is 1. The van der Waals surface area contributed by atoms with Gasteiger partial charge in [-0.15, -0.1) is 0 Å². The Hall–Kier alpha value is -2.36. The molecule has 5 aliphatic carbocycles. The van der Waals surface area contributed by atoms with Gasteiger partial charge in [0, 0.05) is 83.0 Å². The Labute approximate surface area is 280 Å². The molecule has 13 heteroatoms. The van der Waals surface area contributed by atoms with E-state index in [1.54, 1.807) is 45.6 Å². The number of carbonyl (C=O) groups is 2. The first-order valence-corrected chi connectivity index (χ1v) is 16.9.